The maximum Gasteiger partial charge on any atom is 0.273 e. The van der Waals surface area contributed by atoms with Gasteiger partial charge in [-0.25, -0.2) is 8.42 Å². The molecule has 1 atom stereocenters. The maximum absolute atomic E-state index is 12.9. The molecular formula is C25H30N2O4S2. The van der Waals surface area contributed by atoms with E-state index in [2.05, 4.69) is 25.2 Å². The number of methoxy groups -OCH3 is 1. The molecule has 1 aromatic heterocycles. The van der Waals surface area contributed by atoms with Crippen molar-refractivity contribution < 1.29 is 17.9 Å². The van der Waals surface area contributed by atoms with E-state index in [1.807, 2.05) is 19.9 Å². The van der Waals surface area contributed by atoms with Gasteiger partial charge in [0.1, 0.15) is 9.96 Å². The lowest BCUT2D eigenvalue weighted by Gasteiger charge is -2.21. The lowest BCUT2D eigenvalue weighted by molar-refractivity contribution is 0.0940. The van der Waals surface area contributed by atoms with Gasteiger partial charge in [0, 0.05) is 12.6 Å². The van der Waals surface area contributed by atoms with E-state index in [1.165, 1.54) is 22.7 Å². The number of amides is 1. The van der Waals surface area contributed by atoms with Gasteiger partial charge in [0.25, 0.3) is 15.9 Å². The number of rotatable bonds is 8. The van der Waals surface area contributed by atoms with Crippen molar-refractivity contribution in [3.05, 3.63) is 76.2 Å². The van der Waals surface area contributed by atoms with Crippen LogP contribution in [0.2, 0.25) is 0 Å². The highest BCUT2D eigenvalue weighted by molar-refractivity contribution is 7.94. The first-order valence-corrected chi connectivity index (χ1v) is 13.0. The fourth-order valence-electron chi connectivity index (χ4n) is 3.67. The van der Waals surface area contributed by atoms with Crippen molar-refractivity contribution >= 4 is 33.0 Å². The van der Waals surface area contributed by atoms with Crippen molar-refractivity contribution in [2.24, 2.45) is 0 Å². The van der Waals surface area contributed by atoms with E-state index in [0.717, 1.165) is 22.4 Å². The first-order chi connectivity index (χ1) is 15.6. The number of carbonyl (C=O) groups excluding carboxylic acids is 1. The topological polar surface area (TPSA) is 75.7 Å². The summed E-state index contributed by atoms with van der Waals surface area (Å²) >= 11 is 1.17. The Balaban J connectivity index is 1.77. The zero-order valence-electron chi connectivity index (χ0n) is 19.7. The van der Waals surface area contributed by atoms with Gasteiger partial charge < -0.3 is 10.1 Å². The molecule has 3 aromatic rings. The molecule has 0 radical (unpaired) electrons. The summed E-state index contributed by atoms with van der Waals surface area (Å²) in [4.78, 5) is 12.9. The molecule has 8 heteroatoms. The van der Waals surface area contributed by atoms with Crippen LogP contribution in [0.1, 0.15) is 59.8 Å². The van der Waals surface area contributed by atoms with Crippen LogP contribution in [-0.4, -0.2) is 28.5 Å². The number of anilines is 1. The normalized spacial score (nSPS) is 12.5. The minimum absolute atomic E-state index is 0.206. The van der Waals surface area contributed by atoms with Gasteiger partial charge >= 0.3 is 0 Å². The zero-order chi connectivity index (χ0) is 24.3. The molecule has 0 fully saturated rings. The SMILES string of the molecule is COc1cc(C)c(C(C)NC(=O)c2ccc(N(C)S(=O)(=O)c3cccs3)cc2)cc1C(C)C. The van der Waals surface area contributed by atoms with Crippen LogP contribution in [0.4, 0.5) is 5.69 Å². The molecule has 33 heavy (non-hydrogen) atoms. The predicted molar refractivity (Wildman–Crippen MR) is 134 cm³/mol. The van der Waals surface area contributed by atoms with Crippen LogP contribution in [0.15, 0.2) is 58.1 Å². The fraction of sp³-hybridized carbons (Fsp3) is 0.320. The molecule has 176 valence electrons. The molecule has 0 aliphatic heterocycles. The van der Waals surface area contributed by atoms with E-state index < -0.39 is 10.0 Å². The van der Waals surface area contributed by atoms with Gasteiger partial charge in [-0.2, -0.15) is 0 Å². The third-order valence-electron chi connectivity index (χ3n) is 5.66. The van der Waals surface area contributed by atoms with E-state index in [9.17, 15) is 13.2 Å². The quantitative estimate of drug-likeness (QED) is 0.456. The second-order valence-corrected chi connectivity index (χ2v) is 11.4. The Morgan fingerprint density at radius 3 is 2.27 bits per heavy atom. The second-order valence-electron chi connectivity index (χ2n) is 8.25. The molecule has 0 saturated carbocycles. The highest BCUT2D eigenvalue weighted by Crippen LogP contribution is 2.32. The summed E-state index contributed by atoms with van der Waals surface area (Å²) in [5.74, 6) is 0.915. The lowest BCUT2D eigenvalue weighted by Crippen LogP contribution is -2.28. The predicted octanol–water partition coefficient (Wildman–Crippen LogP) is 5.50. The van der Waals surface area contributed by atoms with Gasteiger partial charge in [0.15, 0.2) is 0 Å². The Bertz CT molecular complexity index is 1220. The van der Waals surface area contributed by atoms with Gasteiger partial charge in [-0.05, 0) is 84.3 Å². The summed E-state index contributed by atoms with van der Waals surface area (Å²) < 4.78 is 32.4. The Labute approximate surface area is 200 Å². The lowest BCUT2D eigenvalue weighted by atomic mass is 9.93. The van der Waals surface area contributed by atoms with Gasteiger partial charge in [0.2, 0.25) is 0 Å². The molecule has 0 aliphatic carbocycles. The number of benzene rings is 2. The molecule has 0 aliphatic rings. The third kappa shape index (κ3) is 5.23. The minimum atomic E-state index is -3.62. The van der Waals surface area contributed by atoms with Gasteiger partial charge in [-0.15, -0.1) is 11.3 Å². The van der Waals surface area contributed by atoms with E-state index in [-0.39, 0.29) is 22.1 Å². The van der Waals surface area contributed by atoms with Crippen LogP contribution < -0.4 is 14.4 Å². The number of nitrogens with one attached hydrogen (secondary N) is 1. The number of nitrogens with zero attached hydrogens (tertiary/aromatic N) is 1. The summed E-state index contributed by atoms with van der Waals surface area (Å²) in [5, 5.41) is 4.77. The number of ether oxygens (including phenoxy) is 1. The van der Waals surface area contributed by atoms with Gasteiger partial charge in [-0.3, -0.25) is 9.10 Å². The summed E-state index contributed by atoms with van der Waals surface area (Å²) in [6.45, 7) is 8.17. The van der Waals surface area contributed by atoms with Crippen LogP contribution in [0.3, 0.4) is 0 Å². The number of carbonyl (C=O) groups is 1. The van der Waals surface area contributed by atoms with Crippen LogP contribution >= 0.6 is 11.3 Å². The number of sulfonamides is 1. The molecule has 3 rings (SSSR count). The molecule has 0 spiro atoms. The number of aryl methyl sites for hydroxylation is 1. The zero-order valence-corrected chi connectivity index (χ0v) is 21.4. The van der Waals surface area contributed by atoms with Gasteiger partial charge in [-0.1, -0.05) is 19.9 Å². The van der Waals surface area contributed by atoms with E-state index in [0.29, 0.717) is 11.3 Å². The molecular weight excluding hydrogens is 456 g/mol. The highest BCUT2D eigenvalue weighted by atomic mass is 32.2. The summed E-state index contributed by atoms with van der Waals surface area (Å²) in [6, 6.07) is 13.7. The molecule has 1 N–H and O–H groups in total. The highest BCUT2D eigenvalue weighted by Gasteiger charge is 2.23. The van der Waals surface area contributed by atoms with Crippen molar-refractivity contribution in [2.75, 3.05) is 18.5 Å². The Morgan fingerprint density at radius 2 is 1.73 bits per heavy atom. The van der Waals surface area contributed by atoms with Crippen LogP contribution in [0.25, 0.3) is 0 Å². The fourth-order valence-corrected chi connectivity index (χ4v) is 6.03. The summed E-state index contributed by atoms with van der Waals surface area (Å²) in [7, 11) is -0.448. The average Bonchev–Trinajstić information content (AvgIpc) is 3.34. The molecule has 2 aromatic carbocycles. The van der Waals surface area contributed by atoms with E-state index >= 15 is 0 Å². The van der Waals surface area contributed by atoms with Crippen molar-refractivity contribution in [3.63, 3.8) is 0 Å². The van der Waals surface area contributed by atoms with E-state index in [1.54, 1.807) is 48.9 Å². The monoisotopic (exact) mass is 486 g/mol. The van der Waals surface area contributed by atoms with Crippen molar-refractivity contribution in [1.29, 1.82) is 0 Å². The molecule has 1 amide bonds. The van der Waals surface area contributed by atoms with Crippen LogP contribution in [0, 0.1) is 6.92 Å². The Hall–Kier alpha value is -2.84. The molecule has 0 bridgehead atoms. The van der Waals surface area contributed by atoms with Crippen molar-refractivity contribution in [2.45, 2.75) is 43.9 Å². The number of hydrogen-bond donors (Lipinski definition) is 1. The number of thiophene rings is 1. The standard InChI is InChI=1S/C25H30N2O4S2/c1-16(2)21-15-22(17(3)14-23(21)31-6)18(4)26-25(28)19-9-11-20(12-10-19)27(5)33(29,30)24-8-7-13-32-24/h7-16,18H,1-6H3,(H,26,28). The molecule has 1 heterocycles. The average molecular weight is 487 g/mol. The summed E-state index contributed by atoms with van der Waals surface area (Å²) in [5.41, 5.74) is 4.12. The third-order valence-corrected chi connectivity index (χ3v) is 8.82. The second kappa shape index (κ2) is 9.97. The maximum atomic E-state index is 12.9. The first-order valence-electron chi connectivity index (χ1n) is 10.7. The van der Waals surface area contributed by atoms with Gasteiger partial charge in [0.05, 0.1) is 18.8 Å². The molecule has 1 unspecified atom stereocenters. The Morgan fingerprint density at radius 1 is 1.06 bits per heavy atom. The molecule has 0 saturated heterocycles. The minimum Gasteiger partial charge on any atom is -0.496 e. The number of hydrogen-bond acceptors (Lipinski definition) is 5. The largest absolute Gasteiger partial charge is 0.496 e. The molecule has 6 nitrogen and oxygen atoms in total. The first kappa shape index (κ1) is 24.8. The Kier molecular flexibility index (Phi) is 7.49. The van der Waals surface area contributed by atoms with Crippen molar-refractivity contribution in [1.82, 2.24) is 5.32 Å². The van der Waals surface area contributed by atoms with Crippen molar-refractivity contribution in [3.8, 4) is 5.75 Å². The van der Waals surface area contributed by atoms with E-state index in [4.69, 9.17) is 4.74 Å². The smallest absolute Gasteiger partial charge is 0.273 e. The van der Waals surface area contributed by atoms with Crippen LogP contribution in [-0.2, 0) is 10.0 Å². The van der Waals surface area contributed by atoms with Crippen LogP contribution in [0.5, 0.6) is 5.75 Å². The summed E-state index contributed by atoms with van der Waals surface area (Å²) in [6.07, 6.45) is 0.